The van der Waals surface area contributed by atoms with Gasteiger partial charge in [-0.2, -0.15) is 0 Å². The number of para-hydroxylation sites is 1. The zero-order valence-electron chi connectivity index (χ0n) is 10.3. The molecule has 2 rings (SSSR count). The van der Waals surface area contributed by atoms with Gasteiger partial charge in [-0.3, -0.25) is 0 Å². The Balaban J connectivity index is 2.35. The standard InChI is InChI=1S/C14H18N2O/c1-16-8-6-12(10-16)13-5-3-4-11(14(13)15)7-9-17-2/h3-6,8,10H,7,9,15H2,1-2H3. The summed E-state index contributed by atoms with van der Waals surface area (Å²) >= 11 is 0. The lowest BCUT2D eigenvalue weighted by Crippen LogP contribution is -2.01. The minimum Gasteiger partial charge on any atom is -0.398 e. The second-order valence-electron chi connectivity index (χ2n) is 4.19. The summed E-state index contributed by atoms with van der Waals surface area (Å²) in [4.78, 5) is 0. The van der Waals surface area contributed by atoms with E-state index in [-0.39, 0.29) is 0 Å². The summed E-state index contributed by atoms with van der Waals surface area (Å²) in [5.41, 5.74) is 10.5. The van der Waals surface area contributed by atoms with Crippen LogP contribution in [-0.4, -0.2) is 18.3 Å². The molecular weight excluding hydrogens is 212 g/mol. The molecule has 0 unspecified atom stereocenters. The molecule has 3 heteroatoms. The number of nitrogens with zero attached hydrogens (tertiary/aromatic N) is 1. The molecule has 0 aliphatic rings. The molecule has 90 valence electrons. The van der Waals surface area contributed by atoms with Crippen LogP contribution in [0.3, 0.4) is 0 Å². The second kappa shape index (κ2) is 5.06. The maximum absolute atomic E-state index is 6.20. The monoisotopic (exact) mass is 230 g/mol. The molecule has 17 heavy (non-hydrogen) atoms. The highest BCUT2D eigenvalue weighted by Crippen LogP contribution is 2.28. The fourth-order valence-corrected chi connectivity index (χ4v) is 1.96. The third kappa shape index (κ3) is 2.50. The molecule has 3 nitrogen and oxygen atoms in total. The molecule has 0 atom stereocenters. The van der Waals surface area contributed by atoms with Gasteiger partial charge in [0.05, 0.1) is 6.61 Å². The van der Waals surface area contributed by atoms with Gasteiger partial charge in [-0.05, 0) is 18.1 Å². The van der Waals surface area contributed by atoms with E-state index in [4.69, 9.17) is 10.5 Å². The third-order valence-corrected chi connectivity index (χ3v) is 2.91. The van der Waals surface area contributed by atoms with Gasteiger partial charge in [0.2, 0.25) is 0 Å². The number of ether oxygens (including phenoxy) is 1. The zero-order valence-corrected chi connectivity index (χ0v) is 10.3. The van der Waals surface area contributed by atoms with Crippen LogP contribution < -0.4 is 5.73 Å². The van der Waals surface area contributed by atoms with E-state index < -0.39 is 0 Å². The van der Waals surface area contributed by atoms with E-state index in [1.807, 2.05) is 23.9 Å². The maximum Gasteiger partial charge on any atom is 0.0503 e. The first-order chi connectivity index (χ1) is 8.22. The van der Waals surface area contributed by atoms with Crippen molar-refractivity contribution in [2.75, 3.05) is 19.5 Å². The van der Waals surface area contributed by atoms with Gasteiger partial charge in [-0.15, -0.1) is 0 Å². The van der Waals surface area contributed by atoms with Crippen LogP contribution >= 0.6 is 0 Å². The van der Waals surface area contributed by atoms with Crippen LogP contribution in [0, 0.1) is 0 Å². The summed E-state index contributed by atoms with van der Waals surface area (Å²) in [5.74, 6) is 0. The van der Waals surface area contributed by atoms with E-state index in [2.05, 4.69) is 24.4 Å². The number of benzene rings is 1. The number of aromatic nitrogens is 1. The van der Waals surface area contributed by atoms with Crippen LogP contribution in [0.2, 0.25) is 0 Å². The molecule has 0 saturated heterocycles. The van der Waals surface area contributed by atoms with Crippen molar-refractivity contribution in [3.63, 3.8) is 0 Å². The second-order valence-corrected chi connectivity index (χ2v) is 4.19. The predicted octanol–water partition coefficient (Wildman–Crippen LogP) is 2.46. The first-order valence-corrected chi connectivity index (χ1v) is 5.71. The van der Waals surface area contributed by atoms with Crippen molar-refractivity contribution >= 4 is 5.69 Å². The molecule has 0 bridgehead atoms. The van der Waals surface area contributed by atoms with Crippen molar-refractivity contribution in [3.05, 3.63) is 42.2 Å². The summed E-state index contributed by atoms with van der Waals surface area (Å²) in [5, 5.41) is 0. The first-order valence-electron chi connectivity index (χ1n) is 5.71. The molecule has 0 aliphatic carbocycles. The zero-order chi connectivity index (χ0) is 12.3. The number of anilines is 1. The number of nitrogens with two attached hydrogens (primary N) is 1. The van der Waals surface area contributed by atoms with Crippen molar-refractivity contribution < 1.29 is 4.74 Å². The number of hydrogen-bond acceptors (Lipinski definition) is 2. The van der Waals surface area contributed by atoms with Crippen molar-refractivity contribution in [1.29, 1.82) is 0 Å². The number of hydrogen-bond donors (Lipinski definition) is 1. The van der Waals surface area contributed by atoms with Crippen LogP contribution in [0.4, 0.5) is 5.69 Å². The lowest BCUT2D eigenvalue weighted by molar-refractivity contribution is 0.202. The summed E-state index contributed by atoms with van der Waals surface area (Å²) in [6.45, 7) is 0.697. The lowest BCUT2D eigenvalue weighted by Gasteiger charge is -2.09. The Kier molecular flexibility index (Phi) is 3.49. The number of aryl methyl sites for hydroxylation is 1. The van der Waals surface area contributed by atoms with Crippen LogP contribution in [0.1, 0.15) is 5.56 Å². The fourth-order valence-electron chi connectivity index (χ4n) is 1.96. The van der Waals surface area contributed by atoms with Gasteiger partial charge in [0, 0.05) is 43.4 Å². The normalized spacial score (nSPS) is 10.7. The highest BCUT2D eigenvalue weighted by atomic mass is 16.5. The van der Waals surface area contributed by atoms with Crippen LogP contribution in [0.25, 0.3) is 11.1 Å². The highest BCUT2D eigenvalue weighted by Gasteiger charge is 2.07. The van der Waals surface area contributed by atoms with Gasteiger partial charge in [-0.25, -0.2) is 0 Å². The van der Waals surface area contributed by atoms with E-state index in [0.29, 0.717) is 6.61 Å². The van der Waals surface area contributed by atoms with Gasteiger partial charge >= 0.3 is 0 Å². The average molecular weight is 230 g/mol. The van der Waals surface area contributed by atoms with Crippen molar-refractivity contribution in [2.45, 2.75) is 6.42 Å². The number of nitrogen functional groups attached to an aromatic ring is 1. The van der Waals surface area contributed by atoms with Crippen molar-refractivity contribution in [1.82, 2.24) is 4.57 Å². The molecule has 0 aliphatic heterocycles. The molecule has 0 saturated carbocycles. The van der Waals surface area contributed by atoms with E-state index >= 15 is 0 Å². The van der Waals surface area contributed by atoms with E-state index in [9.17, 15) is 0 Å². The van der Waals surface area contributed by atoms with Gasteiger partial charge in [-0.1, -0.05) is 18.2 Å². The molecule has 2 N–H and O–H groups in total. The van der Waals surface area contributed by atoms with Crippen LogP contribution in [-0.2, 0) is 18.2 Å². The molecule has 0 amide bonds. The first kappa shape index (κ1) is 11.7. The minimum absolute atomic E-state index is 0.697. The molecule has 0 spiro atoms. The minimum atomic E-state index is 0.697. The van der Waals surface area contributed by atoms with Gasteiger partial charge in [0.1, 0.15) is 0 Å². The Morgan fingerprint density at radius 2 is 2.12 bits per heavy atom. The summed E-state index contributed by atoms with van der Waals surface area (Å²) < 4.78 is 7.12. The molecule has 1 heterocycles. The van der Waals surface area contributed by atoms with Gasteiger partial charge < -0.3 is 15.0 Å². The van der Waals surface area contributed by atoms with E-state index in [1.165, 1.54) is 0 Å². The predicted molar refractivity (Wildman–Crippen MR) is 70.8 cm³/mol. The van der Waals surface area contributed by atoms with Crippen LogP contribution in [0.5, 0.6) is 0 Å². The van der Waals surface area contributed by atoms with Gasteiger partial charge in [0.15, 0.2) is 0 Å². The topological polar surface area (TPSA) is 40.2 Å². The highest BCUT2D eigenvalue weighted by molar-refractivity contribution is 5.78. The Bertz CT molecular complexity index is 503. The Morgan fingerprint density at radius 3 is 2.76 bits per heavy atom. The summed E-state index contributed by atoms with van der Waals surface area (Å²) in [7, 11) is 3.71. The molecule has 0 fully saturated rings. The number of methoxy groups -OCH3 is 1. The molecule has 1 aromatic heterocycles. The molecular formula is C14H18N2O. The van der Waals surface area contributed by atoms with Crippen molar-refractivity contribution in [2.24, 2.45) is 7.05 Å². The smallest absolute Gasteiger partial charge is 0.0503 e. The van der Waals surface area contributed by atoms with Crippen molar-refractivity contribution in [3.8, 4) is 11.1 Å². The number of rotatable bonds is 4. The third-order valence-electron chi connectivity index (χ3n) is 2.91. The average Bonchev–Trinajstić information content (AvgIpc) is 2.74. The van der Waals surface area contributed by atoms with Crippen LogP contribution in [0.15, 0.2) is 36.7 Å². The molecule has 2 aromatic rings. The molecule has 1 aromatic carbocycles. The summed E-state index contributed by atoms with van der Waals surface area (Å²) in [6.07, 6.45) is 4.95. The largest absolute Gasteiger partial charge is 0.398 e. The summed E-state index contributed by atoms with van der Waals surface area (Å²) in [6, 6.07) is 8.23. The van der Waals surface area contributed by atoms with E-state index in [0.717, 1.165) is 28.8 Å². The molecule has 0 radical (unpaired) electrons. The lowest BCUT2D eigenvalue weighted by atomic mass is 10.0. The Morgan fingerprint density at radius 1 is 1.29 bits per heavy atom. The SMILES string of the molecule is COCCc1cccc(-c2ccn(C)c2)c1N. The maximum atomic E-state index is 6.20. The van der Waals surface area contributed by atoms with Gasteiger partial charge in [0.25, 0.3) is 0 Å². The fraction of sp³-hybridized carbons (Fsp3) is 0.286. The Hall–Kier alpha value is -1.74. The Labute approximate surface area is 102 Å². The van der Waals surface area contributed by atoms with E-state index in [1.54, 1.807) is 7.11 Å². The quantitative estimate of drug-likeness (QED) is 0.820.